The van der Waals surface area contributed by atoms with Crippen LogP contribution in [0.4, 0.5) is 4.79 Å². The first-order chi connectivity index (χ1) is 12.1. The fraction of sp³-hybridized carbons (Fsp3) is 0.905. The van der Waals surface area contributed by atoms with Gasteiger partial charge in [0.1, 0.15) is 0 Å². The van der Waals surface area contributed by atoms with E-state index in [1.54, 1.807) is 0 Å². The van der Waals surface area contributed by atoms with Crippen LogP contribution in [0.5, 0.6) is 0 Å². The number of nitriles is 1. The Labute approximate surface area is 172 Å². The molecule has 0 unspecified atom stereocenters. The summed E-state index contributed by atoms with van der Waals surface area (Å²) in [6, 6.07) is 0.943. The highest BCUT2D eigenvalue weighted by Crippen LogP contribution is 2.33. The Hall–Kier alpha value is -1.84. The zero-order valence-electron chi connectivity index (χ0n) is 20.1. The number of hydrogen-bond acceptors (Lipinski definition) is 5. The number of azo groups is 2. The second-order valence-electron chi connectivity index (χ2n) is 11.5. The van der Waals surface area contributed by atoms with Gasteiger partial charge in [-0.3, -0.25) is 0 Å². The molecule has 0 aromatic carbocycles. The summed E-state index contributed by atoms with van der Waals surface area (Å²) < 4.78 is 0. The smallest absolute Gasteiger partial charge is 0.348 e. The predicted octanol–water partition coefficient (Wildman–Crippen LogP) is 6.69. The van der Waals surface area contributed by atoms with Crippen LogP contribution in [0.1, 0.15) is 95.9 Å². The molecule has 162 valence electrons. The zero-order chi connectivity index (χ0) is 23.0. The molecule has 0 aromatic heterocycles. The number of nitrogens with zero attached hydrogens (tertiary/aromatic N) is 5. The molecule has 0 fully saturated rings. The predicted molar refractivity (Wildman–Crippen MR) is 115 cm³/mol. The first-order valence-electron chi connectivity index (χ1n) is 9.68. The van der Waals surface area contributed by atoms with E-state index in [0.29, 0.717) is 0 Å². The number of urea groups is 1. The van der Waals surface area contributed by atoms with Crippen LogP contribution in [0, 0.1) is 22.2 Å². The van der Waals surface area contributed by atoms with Gasteiger partial charge in [0.15, 0.2) is 5.54 Å². The molecule has 0 aliphatic rings. The van der Waals surface area contributed by atoms with E-state index in [1.807, 2.05) is 6.07 Å². The number of primary amides is 1. The highest BCUT2D eigenvalue weighted by molar-refractivity contribution is 5.71. The summed E-state index contributed by atoms with van der Waals surface area (Å²) in [5.74, 6) is 0. The van der Waals surface area contributed by atoms with Gasteiger partial charge in [-0.1, -0.05) is 46.7 Å². The van der Waals surface area contributed by atoms with E-state index in [4.69, 9.17) is 5.26 Å². The first kappa shape index (κ1) is 28.4. The van der Waals surface area contributed by atoms with Crippen molar-refractivity contribution >= 4 is 6.03 Å². The van der Waals surface area contributed by atoms with Crippen molar-refractivity contribution in [3.8, 4) is 6.07 Å². The van der Waals surface area contributed by atoms with Crippen LogP contribution in [-0.4, -0.2) is 22.6 Å². The molecular formula is C21H42N6O. The van der Waals surface area contributed by atoms with Gasteiger partial charge >= 0.3 is 6.03 Å². The maximum atomic E-state index is 10.0. The van der Waals surface area contributed by atoms with E-state index in [1.165, 1.54) is 13.8 Å². The fourth-order valence-electron chi connectivity index (χ4n) is 3.13. The van der Waals surface area contributed by atoms with Crippen molar-refractivity contribution in [2.75, 3.05) is 0 Å². The molecule has 0 rings (SSSR count). The Kier molecular flexibility index (Phi) is 10.2. The van der Waals surface area contributed by atoms with Crippen molar-refractivity contribution in [1.29, 1.82) is 5.26 Å². The molecule has 0 heterocycles. The van der Waals surface area contributed by atoms with E-state index in [2.05, 4.69) is 95.4 Å². The molecule has 28 heavy (non-hydrogen) atoms. The molecule has 0 radical (unpaired) electrons. The van der Waals surface area contributed by atoms with Crippen LogP contribution in [0.15, 0.2) is 20.5 Å². The Bertz CT molecular complexity index is 566. The van der Waals surface area contributed by atoms with E-state index in [9.17, 15) is 4.79 Å². The van der Waals surface area contributed by atoms with Gasteiger partial charge in [0.05, 0.1) is 17.1 Å². The molecule has 0 bridgehead atoms. The van der Waals surface area contributed by atoms with Gasteiger partial charge < -0.3 is 5.73 Å². The third-order valence-electron chi connectivity index (χ3n) is 3.19. The number of carbonyl (C=O) groups is 1. The highest BCUT2D eigenvalue weighted by Gasteiger charge is 2.29. The number of rotatable bonds is 5. The van der Waals surface area contributed by atoms with Crippen LogP contribution >= 0.6 is 0 Å². The SMILES string of the molecule is CC(C)(C#N)/N=N/C(N)=O.CC(C)(C)CC(C)(C)/N=N/C(C)(C)CC(C)(C)C. The molecule has 0 aliphatic carbocycles. The maximum Gasteiger partial charge on any atom is 0.356 e. The molecule has 2 N–H and O–H groups in total. The van der Waals surface area contributed by atoms with Crippen LogP contribution in [0.2, 0.25) is 0 Å². The second kappa shape index (κ2) is 10.1. The first-order valence-corrected chi connectivity index (χ1v) is 9.68. The van der Waals surface area contributed by atoms with E-state index in [-0.39, 0.29) is 21.9 Å². The minimum Gasteiger partial charge on any atom is -0.348 e. The molecular weight excluding hydrogens is 352 g/mol. The third-order valence-corrected chi connectivity index (χ3v) is 3.19. The summed E-state index contributed by atoms with van der Waals surface area (Å²) in [6.45, 7) is 25.3. The van der Waals surface area contributed by atoms with Crippen molar-refractivity contribution in [2.24, 2.45) is 37.0 Å². The average Bonchev–Trinajstić information content (AvgIpc) is 2.39. The van der Waals surface area contributed by atoms with E-state index < -0.39 is 11.6 Å². The van der Waals surface area contributed by atoms with Crippen LogP contribution in [0.3, 0.4) is 0 Å². The summed E-state index contributed by atoms with van der Waals surface area (Å²) in [5.41, 5.74) is 4.11. The summed E-state index contributed by atoms with van der Waals surface area (Å²) in [6.07, 6.45) is 2.10. The standard InChI is InChI=1S/C16H34N2.C5H8N4O/c1-13(2,3)11-15(7,8)17-18-16(9,10)12-14(4,5)6;1-5(2,3-6)9-8-4(7)10/h11-12H2,1-10H3;1-2H3,(H2,7,10)/b18-17+;9-8+. The van der Waals surface area contributed by atoms with Crippen LogP contribution in [-0.2, 0) is 0 Å². The number of amides is 2. The van der Waals surface area contributed by atoms with Gasteiger partial charge in [-0.05, 0) is 65.2 Å². The Morgan fingerprint density at radius 3 is 1.29 bits per heavy atom. The van der Waals surface area contributed by atoms with Gasteiger partial charge in [-0.2, -0.15) is 20.6 Å². The summed E-state index contributed by atoms with van der Waals surface area (Å²) in [7, 11) is 0. The lowest BCUT2D eigenvalue weighted by Gasteiger charge is -2.31. The largest absolute Gasteiger partial charge is 0.356 e. The topological polar surface area (TPSA) is 116 Å². The lowest BCUT2D eigenvalue weighted by Crippen LogP contribution is -2.28. The van der Waals surface area contributed by atoms with Crippen molar-refractivity contribution in [2.45, 2.75) is 113 Å². The molecule has 0 saturated heterocycles. The molecule has 0 aromatic rings. The third kappa shape index (κ3) is 18.9. The van der Waals surface area contributed by atoms with Crippen LogP contribution < -0.4 is 5.73 Å². The van der Waals surface area contributed by atoms with Crippen molar-refractivity contribution in [1.82, 2.24) is 0 Å². The minimum atomic E-state index is -0.963. The Balaban J connectivity index is 0. The molecule has 7 nitrogen and oxygen atoms in total. The van der Waals surface area contributed by atoms with Crippen LogP contribution in [0.25, 0.3) is 0 Å². The summed E-state index contributed by atoms with van der Waals surface area (Å²) in [5, 5.41) is 24.0. The van der Waals surface area contributed by atoms with Gasteiger partial charge in [0, 0.05) is 0 Å². The molecule has 0 saturated carbocycles. The van der Waals surface area contributed by atoms with E-state index >= 15 is 0 Å². The molecule has 2 amide bonds. The van der Waals surface area contributed by atoms with Gasteiger partial charge in [-0.15, -0.1) is 0 Å². The van der Waals surface area contributed by atoms with Gasteiger partial charge in [-0.25, -0.2) is 4.79 Å². The summed E-state index contributed by atoms with van der Waals surface area (Å²) in [4.78, 5) is 10.0. The van der Waals surface area contributed by atoms with Gasteiger partial charge in [0.25, 0.3) is 0 Å². The summed E-state index contributed by atoms with van der Waals surface area (Å²) >= 11 is 0. The zero-order valence-corrected chi connectivity index (χ0v) is 20.1. The lowest BCUT2D eigenvalue weighted by molar-refractivity contribution is 0.248. The highest BCUT2D eigenvalue weighted by atomic mass is 16.2. The lowest BCUT2D eigenvalue weighted by atomic mass is 9.81. The van der Waals surface area contributed by atoms with Crippen molar-refractivity contribution in [3.63, 3.8) is 0 Å². The minimum absolute atomic E-state index is 0.0760. The maximum absolute atomic E-state index is 10.0. The number of carbonyl (C=O) groups excluding carboxylic acids is 1. The number of nitrogens with two attached hydrogens (primary N) is 1. The van der Waals surface area contributed by atoms with Gasteiger partial charge in [0.2, 0.25) is 0 Å². The van der Waals surface area contributed by atoms with Crippen molar-refractivity contribution in [3.05, 3.63) is 0 Å². The molecule has 0 spiro atoms. The Morgan fingerprint density at radius 2 is 1.07 bits per heavy atom. The molecule has 0 aliphatic heterocycles. The second-order valence-corrected chi connectivity index (χ2v) is 11.5. The van der Waals surface area contributed by atoms with Crippen molar-refractivity contribution < 1.29 is 4.79 Å². The Morgan fingerprint density at radius 1 is 0.750 bits per heavy atom. The molecule has 7 heteroatoms. The monoisotopic (exact) mass is 394 g/mol. The van der Waals surface area contributed by atoms with E-state index in [0.717, 1.165) is 12.8 Å². The fourth-order valence-corrected chi connectivity index (χ4v) is 3.13. The quantitative estimate of drug-likeness (QED) is 0.523. The normalized spacial score (nSPS) is 14.0. The average molecular weight is 395 g/mol. The molecule has 0 atom stereocenters. The number of hydrogen-bond donors (Lipinski definition) is 1.